The summed E-state index contributed by atoms with van der Waals surface area (Å²) in [4.78, 5) is 20.2. The Bertz CT molecular complexity index is 527. The smallest absolute Gasteiger partial charge is 0.241 e. The number of carbonyl (C=O) groups excluding carboxylic acids is 1. The van der Waals surface area contributed by atoms with Crippen LogP contribution in [0.2, 0.25) is 0 Å². The molecule has 128 valence electrons. The molecule has 1 amide bonds. The third-order valence-electron chi connectivity index (χ3n) is 5.62. The fourth-order valence-corrected chi connectivity index (χ4v) is 4.35. The van der Waals surface area contributed by atoms with E-state index in [0.717, 1.165) is 44.6 Å². The molecule has 0 aromatic carbocycles. The quantitative estimate of drug-likeness (QED) is 0.877. The van der Waals surface area contributed by atoms with Crippen LogP contribution in [0.25, 0.3) is 0 Å². The predicted octanol–water partition coefficient (Wildman–Crippen LogP) is 2.79. The van der Waals surface area contributed by atoms with Crippen LogP contribution in [0.3, 0.4) is 0 Å². The molecule has 0 spiro atoms. The van der Waals surface area contributed by atoms with Gasteiger partial charge in [-0.3, -0.25) is 9.69 Å². The van der Waals surface area contributed by atoms with Gasteiger partial charge in [0.15, 0.2) is 0 Å². The van der Waals surface area contributed by atoms with E-state index in [9.17, 15) is 4.79 Å². The van der Waals surface area contributed by atoms with E-state index >= 15 is 0 Å². The normalized spacial score (nSPS) is 22.3. The Kier molecular flexibility index (Phi) is 5.05. The highest BCUT2D eigenvalue weighted by Crippen LogP contribution is 2.38. The first kappa shape index (κ1) is 16.5. The number of amides is 1. The summed E-state index contributed by atoms with van der Waals surface area (Å²) in [7, 11) is 2.00. The fourth-order valence-electron chi connectivity index (χ4n) is 4.35. The lowest BCUT2D eigenvalue weighted by Crippen LogP contribution is -2.57. The first-order chi connectivity index (χ1) is 11.2. The molecule has 5 heteroatoms. The molecule has 0 bridgehead atoms. The zero-order chi connectivity index (χ0) is 16.3. The largest absolute Gasteiger partial charge is 0.345 e. The molecule has 0 radical (unpaired) electrons. The van der Waals surface area contributed by atoms with E-state index in [2.05, 4.69) is 22.1 Å². The zero-order valence-corrected chi connectivity index (χ0v) is 14.6. The van der Waals surface area contributed by atoms with Gasteiger partial charge in [-0.1, -0.05) is 26.2 Å². The summed E-state index contributed by atoms with van der Waals surface area (Å²) in [6.45, 7) is 4.32. The Morgan fingerprint density at radius 3 is 2.57 bits per heavy atom. The van der Waals surface area contributed by atoms with Crippen molar-refractivity contribution in [1.82, 2.24) is 19.8 Å². The number of carbonyl (C=O) groups is 1. The van der Waals surface area contributed by atoms with Gasteiger partial charge in [-0.05, 0) is 45.2 Å². The van der Waals surface area contributed by atoms with E-state index in [0.29, 0.717) is 0 Å². The number of aryl methyl sites for hydroxylation is 1. The molecule has 1 aliphatic heterocycles. The molecule has 1 atom stereocenters. The first-order valence-corrected chi connectivity index (χ1v) is 9.20. The van der Waals surface area contributed by atoms with Crippen molar-refractivity contribution >= 4 is 5.91 Å². The monoisotopic (exact) mass is 318 g/mol. The van der Waals surface area contributed by atoms with Crippen molar-refractivity contribution in [3.05, 3.63) is 18.2 Å². The van der Waals surface area contributed by atoms with Crippen LogP contribution in [0, 0.1) is 0 Å². The molecule has 1 aromatic heterocycles. The maximum atomic E-state index is 13.3. The molecular formula is C18H30N4O. The van der Waals surface area contributed by atoms with Crippen LogP contribution in [0.15, 0.2) is 12.4 Å². The van der Waals surface area contributed by atoms with Gasteiger partial charge in [0.2, 0.25) is 5.91 Å². The van der Waals surface area contributed by atoms with Gasteiger partial charge in [-0.25, -0.2) is 4.98 Å². The standard InChI is InChI=1S/C18H30N4O/c1-3-8-15(16-19-11-14-21(16)2)20-17(23)18(9-4-5-10-18)22-12-6-7-13-22/h11,14-15H,3-10,12-13H2,1-2H3,(H,20,23)/t15-/m0/s1. The molecule has 1 aliphatic carbocycles. The molecule has 1 N–H and O–H groups in total. The van der Waals surface area contributed by atoms with E-state index in [1.807, 2.05) is 24.0 Å². The van der Waals surface area contributed by atoms with Gasteiger partial charge < -0.3 is 9.88 Å². The van der Waals surface area contributed by atoms with Gasteiger partial charge in [-0.2, -0.15) is 0 Å². The summed E-state index contributed by atoms with van der Waals surface area (Å²) in [5.41, 5.74) is -0.256. The van der Waals surface area contributed by atoms with Crippen molar-refractivity contribution in [3.63, 3.8) is 0 Å². The molecular weight excluding hydrogens is 288 g/mol. The van der Waals surface area contributed by atoms with Crippen molar-refractivity contribution in [3.8, 4) is 0 Å². The van der Waals surface area contributed by atoms with Crippen LogP contribution in [0.1, 0.15) is 70.2 Å². The Morgan fingerprint density at radius 1 is 1.30 bits per heavy atom. The van der Waals surface area contributed by atoms with E-state index in [1.165, 1.54) is 25.7 Å². The van der Waals surface area contributed by atoms with Crippen LogP contribution >= 0.6 is 0 Å². The number of imidazole rings is 1. The van der Waals surface area contributed by atoms with Crippen molar-refractivity contribution in [2.45, 2.75) is 69.9 Å². The number of likely N-dealkylation sites (tertiary alicyclic amines) is 1. The van der Waals surface area contributed by atoms with Gasteiger partial charge in [0.25, 0.3) is 0 Å². The number of hydrogen-bond donors (Lipinski definition) is 1. The lowest BCUT2D eigenvalue weighted by atomic mass is 9.93. The van der Waals surface area contributed by atoms with Crippen LogP contribution in [-0.2, 0) is 11.8 Å². The Labute approximate surface area is 139 Å². The van der Waals surface area contributed by atoms with Crippen LogP contribution in [0.5, 0.6) is 0 Å². The second-order valence-electron chi connectivity index (χ2n) is 7.14. The van der Waals surface area contributed by atoms with Gasteiger partial charge in [0.05, 0.1) is 6.04 Å². The average molecular weight is 318 g/mol. The molecule has 3 rings (SSSR count). The number of hydrogen-bond acceptors (Lipinski definition) is 3. The van der Waals surface area contributed by atoms with Crippen molar-refractivity contribution in [1.29, 1.82) is 0 Å². The molecule has 2 fully saturated rings. The van der Waals surface area contributed by atoms with Crippen LogP contribution in [-0.4, -0.2) is 39.0 Å². The molecule has 5 nitrogen and oxygen atoms in total. The van der Waals surface area contributed by atoms with Crippen LogP contribution in [0.4, 0.5) is 0 Å². The molecule has 1 saturated carbocycles. The maximum absolute atomic E-state index is 13.3. The third kappa shape index (κ3) is 3.16. The van der Waals surface area contributed by atoms with Crippen molar-refractivity contribution < 1.29 is 4.79 Å². The van der Waals surface area contributed by atoms with Crippen molar-refractivity contribution in [2.75, 3.05) is 13.1 Å². The summed E-state index contributed by atoms with van der Waals surface area (Å²) in [5.74, 6) is 1.20. The summed E-state index contributed by atoms with van der Waals surface area (Å²) in [6.07, 6.45) is 12.6. The van der Waals surface area contributed by atoms with E-state index < -0.39 is 0 Å². The second-order valence-corrected chi connectivity index (χ2v) is 7.14. The maximum Gasteiger partial charge on any atom is 0.241 e. The highest BCUT2D eigenvalue weighted by molar-refractivity contribution is 5.87. The minimum Gasteiger partial charge on any atom is -0.345 e. The SMILES string of the molecule is CCC[C@H](NC(=O)C1(N2CCCC2)CCCC1)c1nccn1C. The molecule has 0 unspecified atom stereocenters. The molecule has 2 aliphatic rings. The van der Waals surface area contributed by atoms with Crippen LogP contribution < -0.4 is 5.32 Å². The minimum atomic E-state index is -0.256. The highest BCUT2D eigenvalue weighted by Gasteiger charge is 2.47. The van der Waals surface area contributed by atoms with Crippen molar-refractivity contribution in [2.24, 2.45) is 7.05 Å². The molecule has 23 heavy (non-hydrogen) atoms. The Balaban J connectivity index is 1.78. The number of rotatable bonds is 6. The van der Waals surface area contributed by atoms with E-state index in [1.54, 1.807) is 0 Å². The first-order valence-electron chi connectivity index (χ1n) is 9.20. The fraction of sp³-hybridized carbons (Fsp3) is 0.778. The Hall–Kier alpha value is -1.36. The predicted molar refractivity (Wildman–Crippen MR) is 91.0 cm³/mol. The Morgan fingerprint density at radius 2 is 2.00 bits per heavy atom. The van der Waals surface area contributed by atoms with E-state index in [-0.39, 0.29) is 17.5 Å². The second kappa shape index (κ2) is 7.04. The number of aromatic nitrogens is 2. The van der Waals surface area contributed by atoms with Gasteiger partial charge >= 0.3 is 0 Å². The van der Waals surface area contributed by atoms with Gasteiger partial charge in [0, 0.05) is 19.4 Å². The summed E-state index contributed by atoms with van der Waals surface area (Å²) in [6, 6.07) is 0.0209. The highest BCUT2D eigenvalue weighted by atomic mass is 16.2. The molecule has 1 aromatic rings. The summed E-state index contributed by atoms with van der Waals surface area (Å²) >= 11 is 0. The van der Waals surface area contributed by atoms with Gasteiger partial charge in [0.1, 0.15) is 11.4 Å². The number of nitrogens with zero attached hydrogens (tertiary/aromatic N) is 3. The van der Waals surface area contributed by atoms with E-state index in [4.69, 9.17) is 0 Å². The zero-order valence-electron chi connectivity index (χ0n) is 14.6. The summed E-state index contributed by atoms with van der Waals surface area (Å²) < 4.78 is 2.03. The molecule has 2 heterocycles. The number of nitrogens with one attached hydrogen (secondary N) is 1. The topological polar surface area (TPSA) is 50.2 Å². The average Bonchev–Trinajstić information content (AvgIpc) is 3.28. The summed E-state index contributed by atoms with van der Waals surface area (Å²) in [5, 5.41) is 3.36. The minimum absolute atomic E-state index is 0.0209. The molecule has 1 saturated heterocycles. The third-order valence-corrected chi connectivity index (χ3v) is 5.62. The lowest BCUT2D eigenvalue weighted by molar-refractivity contribution is -0.133. The lowest BCUT2D eigenvalue weighted by Gasteiger charge is -2.38. The van der Waals surface area contributed by atoms with Gasteiger partial charge in [-0.15, -0.1) is 0 Å².